The first-order chi connectivity index (χ1) is 13.7. The maximum absolute atomic E-state index is 6.19. The summed E-state index contributed by atoms with van der Waals surface area (Å²) in [5, 5.41) is 8.42. The lowest BCUT2D eigenvalue weighted by Gasteiger charge is -2.29. The molecule has 5 unspecified atom stereocenters. The highest BCUT2D eigenvalue weighted by Crippen LogP contribution is 2.42. The maximum atomic E-state index is 6.19. The Morgan fingerprint density at radius 1 is 1.10 bits per heavy atom. The van der Waals surface area contributed by atoms with Gasteiger partial charge in [-0.3, -0.25) is 0 Å². The zero-order chi connectivity index (χ0) is 20.4. The van der Waals surface area contributed by atoms with Gasteiger partial charge in [0.1, 0.15) is 17.7 Å². The number of hydrogen-bond donors (Lipinski definition) is 0. The smallest absolute Gasteiger partial charge is 0.287 e. The topological polar surface area (TPSA) is 86.1 Å². The standard InChI is InChI=1S/C19H23N3O6S/c1-18(2)23-9-12(26-18)13-14(15-16(24-13)28-19(3,4)27-15)25-17(29)22-11-8-6-5-7-10(11)20-21-22/h5-8,12-16H,9H2,1-4H3. The van der Waals surface area contributed by atoms with Gasteiger partial charge in [0, 0.05) is 0 Å². The van der Waals surface area contributed by atoms with E-state index >= 15 is 0 Å². The van der Waals surface area contributed by atoms with E-state index < -0.39 is 36.2 Å². The third-order valence-electron chi connectivity index (χ3n) is 5.19. The first-order valence-electron chi connectivity index (χ1n) is 9.57. The minimum atomic E-state index is -0.782. The number of ether oxygens (including phenoxy) is 6. The van der Waals surface area contributed by atoms with Crippen LogP contribution in [0.2, 0.25) is 0 Å². The quantitative estimate of drug-likeness (QED) is 0.676. The van der Waals surface area contributed by atoms with Gasteiger partial charge >= 0.3 is 0 Å². The summed E-state index contributed by atoms with van der Waals surface area (Å²) in [4.78, 5) is 0. The summed E-state index contributed by atoms with van der Waals surface area (Å²) in [6, 6.07) is 7.53. The van der Waals surface area contributed by atoms with Crippen LogP contribution in [0.4, 0.5) is 0 Å². The van der Waals surface area contributed by atoms with Gasteiger partial charge in [0.25, 0.3) is 5.17 Å². The predicted molar refractivity (Wildman–Crippen MR) is 104 cm³/mol. The average Bonchev–Trinajstić information content (AvgIpc) is 3.37. The van der Waals surface area contributed by atoms with Crippen molar-refractivity contribution in [2.45, 2.75) is 70.0 Å². The molecule has 3 aliphatic rings. The molecule has 0 aliphatic carbocycles. The lowest BCUT2D eigenvalue weighted by Crippen LogP contribution is -2.45. The third kappa shape index (κ3) is 3.43. The molecule has 0 radical (unpaired) electrons. The Morgan fingerprint density at radius 2 is 1.90 bits per heavy atom. The normalized spacial score (nSPS) is 35.1. The number of para-hydroxylation sites is 1. The summed E-state index contributed by atoms with van der Waals surface area (Å²) >= 11 is 5.54. The summed E-state index contributed by atoms with van der Waals surface area (Å²) in [6.45, 7) is 7.77. The van der Waals surface area contributed by atoms with Crippen molar-refractivity contribution >= 4 is 28.4 Å². The molecule has 5 atom stereocenters. The Hall–Kier alpha value is -1.69. The largest absolute Gasteiger partial charge is 0.460 e. The van der Waals surface area contributed by atoms with E-state index in [2.05, 4.69) is 10.3 Å². The number of aromatic nitrogens is 3. The van der Waals surface area contributed by atoms with E-state index in [0.29, 0.717) is 6.61 Å². The van der Waals surface area contributed by atoms with Gasteiger partial charge in [0.2, 0.25) is 0 Å². The van der Waals surface area contributed by atoms with Gasteiger partial charge in [-0.05, 0) is 52.0 Å². The van der Waals surface area contributed by atoms with Crippen LogP contribution in [0.5, 0.6) is 0 Å². The zero-order valence-electron chi connectivity index (χ0n) is 16.6. The van der Waals surface area contributed by atoms with Crippen LogP contribution in [-0.4, -0.2) is 69.1 Å². The number of benzene rings is 1. The SMILES string of the molecule is CC1(C)OCC(C2OC3OC(C)(C)OC3C2OC(=S)n2nnc3ccccc32)O1. The van der Waals surface area contributed by atoms with E-state index in [0.717, 1.165) is 11.0 Å². The summed E-state index contributed by atoms with van der Waals surface area (Å²) in [5.41, 5.74) is 1.49. The molecule has 29 heavy (non-hydrogen) atoms. The number of hydrogen-bond acceptors (Lipinski definition) is 9. The van der Waals surface area contributed by atoms with Gasteiger partial charge < -0.3 is 28.4 Å². The molecular weight excluding hydrogens is 398 g/mol. The van der Waals surface area contributed by atoms with E-state index in [9.17, 15) is 0 Å². The minimum absolute atomic E-state index is 0.157. The molecule has 0 spiro atoms. The molecule has 9 nitrogen and oxygen atoms in total. The fourth-order valence-electron chi connectivity index (χ4n) is 3.98. The van der Waals surface area contributed by atoms with Crippen molar-refractivity contribution in [3.63, 3.8) is 0 Å². The van der Waals surface area contributed by atoms with Gasteiger partial charge in [0.15, 0.2) is 30.1 Å². The number of nitrogens with zero attached hydrogens (tertiary/aromatic N) is 3. The molecular formula is C19H23N3O6S. The van der Waals surface area contributed by atoms with E-state index in [1.54, 1.807) is 0 Å². The van der Waals surface area contributed by atoms with Crippen molar-refractivity contribution in [1.82, 2.24) is 15.0 Å². The first-order valence-corrected chi connectivity index (χ1v) is 9.98. The molecule has 0 amide bonds. The molecule has 156 valence electrons. The van der Waals surface area contributed by atoms with Gasteiger partial charge in [-0.1, -0.05) is 17.3 Å². The van der Waals surface area contributed by atoms with Gasteiger partial charge in [-0.15, -0.1) is 5.10 Å². The third-order valence-corrected chi connectivity index (χ3v) is 5.45. The van der Waals surface area contributed by atoms with Crippen LogP contribution in [0.1, 0.15) is 27.7 Å². The number of thiocarbonyl (C=S) groups is 1. The summed E-state index contributed by atoms with van der Waals surface area (Å²) in [6.07, 6.45) is -2.42. The van der Waals surface area contributed by atoms with Crippen molar-refractivity contribution < 1.29 is 28.4 Å². The fraction of sp³-hybridized carbons (Fsp3) is 0.632. The molecule has 3 fully saturated rings. The van der Waals surface area contributed by atoms with Crippen molar-refractivity contribution in [2.24, 2.45) is 0 Å². The minimum Gasteiger partial charge on any atom is -0.460 e. The molecule has 3 aliphatic heterocycles. The summed E-state index contributed by atoms with van der Waals surface area (Å²) in [7, 11) is 0. The lowest BCUT2D eigenvalue weighted by atomic mass is 10.1. The molecule has 0 saturated carbocycles. The van der Waals surface area contributed by atoms with Crippen molar-refractivity contribution in [3.05, 3.63) is 24.3 Å². The van der Waals surface area contributed by atoms with Crippen LogP contribution in [0.25, 0.3) is 11.0 Å². The maximum Gasteiger partial charge on any atom is 0.287 e. The Kier molecular flexibility index (Phi) is 4.43. The Morgan fingerprint density at radius 3 is 2.66 bits per heavy atom. The fourth-order valence-corrected chi connectivity index (χ4v) is 4.23. The average molecular weight is 421 g/mol. The molecule has 1 aromatic heterocycles. The highest BCUT2D eigenvalue weighted by molar-refractivity contribution is 7.80. The van der Waals surface area contributed by atoms with E-state index in [-0.39, 0.29) is 11.3 Å². The molecule has 4 heterocycles. The molecule has 2 aromatic rings. The highest BCUT2D eigenvalue weighted by Gasteiger charge is 2.59. The second kappa shape index (κ2) is 6.66. The monoisotopic (exact) mass is 421 g/mol. The van der Waals surface area contributed by atoms with Crippen LogP contribution < -0.4 is 0 Å². The van der Waals surface area contributed by atoms with Crippen molar-refractivity contribution in [1.29, 1.82) is 0 Å². The van der Waals surface area contributed by atoms with E-state index in [1.807, 2.05) is 52.0 Å². The van der Waals surface area contributed by atoms with E-state index in [1.165, 1.54) is 4.68 Å². The molecule has 3 saturated heterocycles. The number of rotatable bonds is 2. The Labute approximate surface area is 173 Å². The van der Waals surface area contributed by atoms with Crippen LogP contribution in [0.3, 0.4) is 0 Å². The predicted octanol–water partition coefficient (Wildman–Crippen LogP) is 1.98. The molecule has 1 aromatic carbocycles. The highest BCUT2D eigenvalue weighted by atomic mass is 32.1. The van der Waals surface area contributed by atoms with Gasteiger partial charge in [0.05, 0.1) is 12.1 Å². The summed E-state index contributed by atoms with van der Waals surface area (Å²) < 4.78 is 37.5. The first kappa shape index (κ1) is 19.3. The van der Waals surface area contributed by atoms with Crippen LogP contribution >= 0.6 is 12.2 Å². The molecule has 10 heteroatoms. The summed E-state index contributed by atoms with van der Waals surface area (Å²) in [5.74, 6) is -1.48. The van der Waals surface area contributed by atoms with Crippen LogP contribution in [0.15, 0.2) is 24.3 Å². The van der Waals surface area contributed by atoms with Crippen molar-refractivity contribution in [2.75, 3.05) is 6.61 Å². The van der Waals surface area contributed by atoms with Gasteiger partial charge in [-0.25, -0.2) is 0 Å². The van der Waals surface area contributed by atoms with E-state index in [4.69, 9.17) is 40.6 Å². The van der Waals surface area contributed by atoms with Crippen molar-refractivity contribution in [3.8, 4) is 0 Å². The second-order valence-electron chi connectivity index (χ2n) is 8.27. The Bertz CT molecular complexity index is 947. The van der Waals surface area contributed by atoms with Gasteiger partial charge in [-0.2, -0.15) is 4.68 Å². The number of fused-ring (bicyclic) bond motifs is 2. The second-order valence-corrected chi connectivity index (χ2v) is 8.62. The lowest BCUT2D eigenvalue weighted by molar-refractivity contribution is -0.231. The van der Waals surface area contributed by atoms with Crippen LogP contribution in [-0.2, 0) is 28.4 Å². The molecule has 0 bridgehead atoms. The zero-order valence-corrected chi connectivity index (χ0v) is 17.4. The molecule has 5 rings (SSSR count). The Balaban J connectivity index is 1.42. The molecule has 0 N–H and O–H groups in total. The van der Waals surface area contributed by atoms with Crippen LogP contribution in [0, 0.1) is 0 Å².